The van der Waals surface area contributed by atoms with Crippen molar-refractivity contribution in [2.24, 2.45) is 0 Å². The van der Waals surface area contributed by atoms with Gasteiger partial charge in [0.15, 0.2) is 0 Å². The molecule has 1 unspecified atom stereocenters. The molecule has 0 aliphatic carbocycles. The van der Waals surface area contributed by atoms with Crippen LogP contribution < -0.4 is 9.64 Å². The zero-order chi connectivity index (χ0) is 23.0. The molecular weight excluding hydrogens is 439 g/mol. The van der Waals surface area contributed by atoms with Crippen LogP contribution in [0.2, 0.25) is 0 Å². The summed E-state index contributed by atoms with van der Waals surface area (Å²) in [4.78, 5) is 6.56. The van der Waals surface area contributed by atoms with Gasteiger partial charge in [0.05, 0.1) is 30.6 Å². The second-order valence-corrected chi connectivity index (χ2v) is 9.03. The lowest BCUT2D eigenvalue weighted by Crippen LogP contribution is -2.40. The fourth-order valence-corrected chi connectivity index (χ4v) is 5.12. The molecule has 0 radical (unpaired) electrons. The van der Waals surface area contributed by atoms with Crippen molar-refractivity contribution in [2.45, 2.75) is 22.4 Å². The number of alkyl halides is 1. The van der Waals surface area contributed by atoms with E-state index < -0.39 is 12.8 Å². The lowest BCUT2D eigenvalue weighted by atomic mass is 10.1. The predicted octanol–water partition coefficient (Wildman–Crippen LogP) is 4.49. The van der Waals surface area contributed by atoms with E-state index in [-0.39, 0.29) is 13.2 Å². The number of nitrogens with zero attached hydrogens (tertiary/aromatic N) is 2. The summed E-state index contributed by atoms with van der Waals surface area (Å²) in [5.74, 6) is 0.630. The van der Waals surface area contributed by atoms with Gasteiger partial charge in [0.25, 0.3) is 0 Å². The number of anilines is 2. The number of β-amino-alcohol motifs (C(OH)–C–C–N with tert-alkyl or cyclic N) is 1. The van der Waals surface area contributed by atoms with Gasteiger partial charge in [-0.05, 0) is 42.0 Å². The normalized spacial score (nSPS) is 13.5. The third-order valence-corrected chi connectivity index (χ3v) is 6.62. The molecule has 1 atom stereocenters. The Labute approximate surface area is 198 Å². The van der Waals surface area contributed by atoms with Crippen LogP contribution in [0.4, 0.5) is 15.8 Å². The molecule has 7 heteroatoms. The molecule has 0 saturated carbocycles. The first-order valence-electron chi connectivity index (χ1n) is 11.1. The molecule has 0 amide bonds. The molecule has 0 aromatic heterocycles. The molecule has 1 aliphatic heterocycles. The number of para-hydroxylation sites is 2. The standard InChI is InChI=1S/C26H29FN2O3S/c27-13-16-32-22-11-9-20(10-12-22)17-28(14-15-30)18-21(31)19-29-23-5-1-3-7-25(23)33-26-8-4-2-6-24(26)29/h1-12,21,30-31H,13-19H2. The van der Waals surface area contributed by atoms with Crippen LogP contribution in [-0.4, -0.2) is 60.7 Å². The van der Waals surface area contributed by atoms with Crippen LogP contribution in [0.3, 0.4) is 0 Å². The zero-order valence-electron chi connectivity index (χ0n) is 18.4. The second-order valence-electron chi connectivity index (χ2n) is 7.94. The number of hydrogen-bond donors (Lipinski definition) is 2. The smallest absolute Gasteiger partial charge is 0.123 e. The Kier molecular flexibility index (Phi) is 8.23. The zero-order valence-corrected chi connectivity index (χ0v) is 19.3. The molecule has 2 N–H and O–H groups in total. The maximum Gasteiger partial charge on any atom is 0.123 e. The van der Waals surface area contributed by atoms with Gasteiger partial charge in [0, 0.05) is 29.4 Å². The lowest BCUT2D eigenvalue weighted by Gasteiger charge is -2.35. The highest BCUT2D eigenvalue weighted by Gasteiger charge is 2.25. The van der Waals surface area contributed by atoms with E-state index in [9.17, 15) is 14.6 Å². The van der Waals surface area contributed by atoms with E-state index in [4.69, 9.17) is 4.74 Å². The average Bonchev–Trinajstić information content (AvgIpc) is 2.83. The van der Waals surface area contributed by atoms with E-state index in [0.717, 1.165) is 16.9 Å². The van der Waals surface area contributed by atoms with Crippen LogP contribution in [0.25, 0.3) is 0 Å². The van der Waals surface area contributed by atoms with Gasteiger partial charge < -0.3 is 19.8 Å². The number of hydrogen-bond acceptors (Lipinski definition) is 6. The Bertz CT molecular complexity index is 989. The molecule has 4 rings (SSSR count). The van der Waals surface area contributed by atoms with Crippen LogP contribution >= 0.6 is 11.8 Å². The summed E-state index contributed by atoms with van der Waals surface area (Å²) in [5.41, 5.74) is 3.23. The van der Waals surface area contributed by atoms with Gasteiger partial charge in [-0.15, -0.1) is 0 Å². The SMILES string of the molecule is OCCN(Cc1ccc(OCCF)cc1)CC(O)CN1c2ccccc2Sc2ccccc21. The van der Waals surface area contributed by atoms with Crippen molar-refractivity contribution in [3.05, 3.63) is 78.4 Å². The summed E-state index contributed by atoms with van der Waals surface area (Å²) >= 11 is 1.75. The summed E-state index contributed by atoms with van der Waals surface area (Å²) in [6.45, 7) is 1.46. The number of halogens is 1. The highest BCUT2D eigenvalue weighted by atomic mass is 32.2. The Morgan fingerprint density at radius 3 is 2.18 bits per heavy atom. The number of aliphatic hydroxyl groups is 2. The lowest BCUT2D eigenvalue weighted by molar-refractivity contribution is 0.100. The molecule has 0 saturated heterocycles. The van der Waals surface area contributed by atoms with Crippen molar-refractivity contribution in [3.63, 3.8) is 0 Å². The van der Waals surface area contributed by atoms with Gasteiger partial charge >= 0.3 is 0 Å². The maximum absolute atomic E-state index is 12.3. The summed E-state index contributed by atoms with van der Waals surface area (Å²) in [5, 5.41) is 20.6. The van der Waals surface area contributed by atoms with Crippen LogP contribution in [0, 0.1) is 0 Å². The largest absolute Gasteiger partial charge is 0.491 e. The minimum atomic E-state index is -0.618. The van der Waals surface area contributed by atoms with Crippen LogP contribution in [0.5, 0.6) is 5.75 Å². The Morgan fingerprint density at radius 2 is 1.58 bits per heavy atom. The number of fused-ring (bicyclic) bond motifs is 2. The molecule has 3 aromatic rings. The highest BCUT2D eigenvalue weighted by molar-refractivity contribution is 7.99. The molecule has 1 aliphatic rings. The van der Waals surface area contributed by atoms with Crippen molar-refractivity contribution < 1.29 is 19.3 Å². The first-order valence-corrected chi connectivity index (χ1v) is 11.9. The molecule has 5 nitrogen and oxygen atoms in total. The first-order chi connectivity index (χ1) is 16.2. The fourth-order valence-electron chi connectivity index (χ4n) is 4.03. The van der Waals surface area contributed by atoms with Crippen LogP contribution in [0.15, 0.2) is 82.6 Å². The first kappa shape index (κ1) is 23.6. The van der Waals surface area contributed by atoms with E-state index in [1.807, 2.05) is 53.4 Å². The minimum absolute atomic E-state index is 0.0104. The van der Waals surface area contributed by atoms with Crippen LogP contribution in [-0.2, 0) is 6.54 Å². The van der Waals surface area contributed by atoms with Crippen molar-refractivity contribution in [1.82, 2.24) is 4.90 Å². The molecule has 0 fully saturated rings. The van der Waals surface area contributed by atoms with Crippen molar-refractivity contribution in [1.29, 1.82) is 0 Å². The molecular formula is C26H29FN2O3S. The predicted molar refractivity (Wildman–Crippen MR) is 130 cm³/mol. The molecule has 174 valence electrons. The summed E-state index contributed by atoms with van der Waals surface area (Å²) in [6, 6.07) is 24.0. The van der Waals surface area contributed by atoms with E-state index in [1.54, 1.807) is 11.8 Å². The number of rotatable bonds is 11. The highest BCUT2D eigenvalue weighted by Crippen LogP contribution is 2.47. The molecule has 0 bridgehead atoms. The van der Waals surface area contributed by atoms with E-state index >= 15 is 0 Å². The van der Waals surface area contributed by atoms with Crippen molar-refractivity contribution in [3.8, 4) is 5.75 Å². The van der Waals surface area contributed by atoms with Gasteiger partial charge in [-0.25, -0.2) is 4.39 Å². The fraction of sp³-hybridized carbons (Fsp3) is 0.308. The number of aliphatic hydroxyl groups excluding tert-OH is 2. The minimum Gasteiger partial charge on any atom is -0.491 e. The van der Waals surface area contributed by atoms with Crippen LogP contribution in [0.1, 0.15) is 5.56 Å². The summed E-state index contributed by atoms with van der Waals surface area (Å²) in [6.07, 6.45) is -0.618. The Hall–Kier alpha value is -2.58. The summed E-state index contributed by atoms with van der Waals surface area (Å²) in [7, 11) is 0. The van der Waals surface area contributed by atoms with Gasteiger partial charge in [-0.2, -0.15) is 0 Å². The molecule has 33 heavy (non-hydrogen) atoms. The quantitative estimate of drug-likeness (QED) is 0.432. The van der Waals surface area contributed by atoms with Crippen molar-refractivity contribution in [2.75, 3.05) is 44.4 Å². The molecule has 1 heterocycles. The second kappa shape index (κ2) is 11.5. The summed E-state index contributed by atoms with van der Waals surface area (Å²) < 4.78 is 17.6. The molecule has 3 aromatic carbocycles. The monoisotopic (exact) mass is 468 g/mol. The van der Waals surface area contributed by atoms with Gasteiger partial charge in [-0.3, -0.25) is 4.90 Å². The topological polar surface area (TPSA) is 56.2 Å². The third kappa shape index (κ3) is 6.06. The van der Waals surface area contributed by atoms with E-state index in [2.05, 4.69) is 29.2 Å². The average molecular weight is 469 g/mol. The van der Waals surface area contributed by atoms with E-state index in [1.165, 1.54) is 9.79 Å². The number of benzene rings is 3. The van der Waals surface area contributed by atoms with Crippen molar-refractivity contribution >= 4 is 23.1 Å². The Morgan fingerprint density at radius 1 is 0.939 bits per heavy atom. The number of ether oxygens (including phenoxy) is 1. The molecule has 0 spiro atoms. The van der Waals surface area contributed by atoms with Gasteiger partial charge in [-0.1, -0.05) is 48.2 Å². The maximum atomic E-state index is 12.3. The Balaban J connectivity index is 1.44. The van der Waals surface area contributed by atoms with Gasteiger partial charge in [0.1, 0.15) is 19.0 Å². The van der Waals surface area contributed by atoms with E-state index in [0.29, 0.717) is 31.9 Å². The third-order valence-electron chi connectivity index (χ3n) is 5.49. The van der Waals surface area contributed by atoms with Gasteiger partial charge in [0.2, 0.25) is 0 Å².